The molecule has 0 aliphatic rings. The van der Waals surface area contributed by atoms with Crippen molar-refractivity contribution in [3.8, 4) is 17.5 Å². The van der Waals surface area contributed by atoms with Crippen LogP contribution in [0.4, 0.5) is 0 Å². The van der Waals surface area contributed by atoms with Crippen molar-refractivity contribution in [3.63, 3.8) is 0 Å². The van der Waals surface area contributed by atoms with E-state index in [1.807, 2.05) is 60.7 Å². The number of rotatable bonds is 3. The molecule has 0 atom stereocenters. The average Bonchev–Trinajstić information content (AvgIpc) is 2.94. The van der Waals surface area contributed by atoms with Gasteiger partial charge in [-0.3, -0.25) is 4.79 Å². The van der Waals surface area contributed by atoms with Crippen molar-refractivity contribution in [3.05, 3.63) is 82.6 Å². The molecule has 0 bridgehead atoms. The summed E-state index contributed by atoms with van der Waals surface area (Å²) in [6.07, 6.45) is 0. The van der Waals surface area contributed by atoms with Crippen LogP contribution in [0, 0.1) is 18.8 Å². The molecule has 0 saturated heterocycles. The molecule has 4 nitrogen and oxygen atoms in total. The van der Waals surface area contributed by atoms with Gasteiger partial charge in [-0.2, -0.15) is 5.10 Å². The molecule has 1 amide bonds. The summed E-state index contributed by atoms with van der Waals surface area (Å²) in [5.74, 6) is 5.64. The van der Waals surface area contributed by atoms with E-state index in [9.17, 15) is 4.79 Å². The zero-order valence-corrected chi connectivity index (χ0v) is 14.4. The van der Waals surface area contributed by atoms with Crippen LogP contribution in [0.3, 0.4) is 0 Å². The van der Waals surface area contributed by atoms with E-state index in [1.54, 1.807) is 11.6 Å². The smallest absolute Gasteiger partial charge is 0.257 e. The van der Waals surface area contributed by atoms with Gasteiger partial charge in [0.15, 0.2) is 0 Å². The molecule has 0 aliphatic carbocycles. The van der Waals surface area contributed by atoms with Gasteiger partial charge in [0, 0.05) is 5.56 Å². The van der Waals surface area contributed by atoms with E-state index in [0.717, 1.165) is 11.3 Å². The number of para-hydroxylation sites is 1. The molecule has 0 fully saturated rings. The van der Waals surface area contributed by atoms with E-state index in [4.69, 9.17) is 11.6 Å². The van der Waals surface area contributed by atoms with Crippen molar-refractivity contribution in [2.75, 3.05) is 6.54 Å². The number of aromatic nitrogens is 2. The number of carbonyl (C=O) groups is 1. The van der Waals surface area contributed by atoms with Gasteiger partial charge in [-0.15, -0.1) is 0 Å². The monoisotopic (exact) mass is 349 g/mol. The van der Waals surface area contributed by atoms with Crippen LogP contribution in [0.2, 0.25) is 5.15 Å². The van der Waals surface area contributed by atoms with Crippen molar-refractivity contribution in [2.24, 2.45) is 0 Å². The number of amides is 1. The van der Waals surface area contributed by atoms with Gasteiger partial charge in [-0.1, -0.05) is 59.8 Å². The van der Waals surface area contributed by atoms with Crippen molar-refractivity contribution >= 4 is 17.5 Å². The highest BCUT2D eigenvalue weighted by Gasteiger charge is 2.20. The highest BCUT2D eigenvalue weighted by Crippen LogP contribution is 2.23. The number of aryl methyl sites for hydroxylation is 1. The van der Waals surface area contributed by atoms with Crippen LogP contribution < -0.4 is 5.32 Å². The van der Waals surface area contributed by atoms with Gasteiger partial charge in [-0.25, -0.2) is 4.68 Å². The average molecular weight is 350 g/mol. The molecule has 25 heavy (non-hydrogen) atoms. The van der Waals surface area contributed by atoms with Crippen LogP contribution in [0.15, 0.2) is 60.7 Å². The second kappa shape index (κ2) is 7.69. The Morgan fingerprint density at radius 1 is 1.12 bits per heavy atom. The Morgan fingerprint density at radius 3 is 2.44 bits per heavy atom. The van der Waals surface area contributed by atoms with E-state index in [1.165, 1.54) is 0 Å². The lowest BCUT2D eigenvalue weighted by Gasteiger charge is -2.03. The van der Waals surface area contributed by atoms with Gasteiger partial charge in [0.25, 0.3) is 5.91 Å². The van der Waals surface area contributed by atoms with Crippen molar-refractivity contribution < 1.29 is 4.79 Å². The Hall–Kier alpha value is -3.03. The Morgan fingerprint density at radius 2 is 1.76 bits per heavy atom. The normalized spacial score (nSPS) is 10.0. The van der Waals surface area contributed by atoms with Crippen molar-refractivity contribution in [1.82, 2.24) is 15.1 Å². The summed E-state index contributed by atoms with van der Waals surface area (Å²) in [6.45, 7) is 2.00. The molecule has 1 N–H and O–H groups in total. The molecule has 0 unspecified atom stereocenters. The lowest BCUT2D eigenvalue weighted by atomic mass is 10.2. The van der Waals surface area contributed by atoms with Crippen molar-refractivity contribution in [2.45, 2.75) is 6.92 Å². The fourth-order valence-corrected chi connectivity index (χ4v) is 2.74. The van der Waals surface area contributed by atoms with Crippen LogP contribution in [0.1, 0.15) is 21.6 Å². The molecular weight excluding hydrogens is 334 g/mol. The lowest BCUT2D eigenvalue weighted by Crippen LogP contribution is -2.24. The fourth-order valence-electron chi connectivity index (χ4n) is 2.38. The van der Waals surface area contributed by atoms with Crippen LogP contribution in [0.25, 0.3) is 5.69 Å². The van der Waals surface area contributed by atoms with Gasteiger partial charge in [-0.05, 0) is 31.2 Å². The van der Waals surface area contributed by atoms with E-state index in [0.29, 0.717) is 11.3 Å². The van der Waals surface area contributed by atoms with Gasteiger partial charge < -0.3 is 5.32 Å². The number of hydrogen-bond donors (Lipinski definition) is 1. The highest BCUT2D eigenvalue weighted by molar-refractivity contribution is 6.33. The number of nitrogens with zero attached hydrogens (tertiary/aromatic N) is 2. The van der Waals surface area contributed by atoms with E-state index < -0.39 is 0 Å². The largest absolute Gasteiger partial charge is 0.341 e. The summed E-state index contributed by atoms with van der Waals surface area (Å²) in [4.78, 5) is 12.4. The number of nitrogens with one attached hydrogen (secondary N) is 1. The Kier molecular flexibility index (Phi) is 5.17. The van der Waals surface area contributed by atoms with E-state index in [-0.39, 0.29) is 17.6 Å². The van der Waals surface area contributed by atoms with Gasteiger partial charge >= 0.3 is 0 Å². The summed E-state index contributed by atoms with van der Waals surface area (Å²) < 4.78 is 1.56. The van der Waals surface area contributed by atoms with E-state index >= 15 is 0 Å². The third-order valence-electron chi connectivity index (χ3n) is 3.58. The minimum atomic E-state index is -0.285. The molecule has 1 heterocycles. The molecular formula is C20H16ClN3O. The summed E-state index contributed by atoms with van der Waals surface area (Å²) in [5.41, 5.74) is 2.65. The molecule has 3 rings (SSSR count). The number of benzene rings is 2. The SMILES string of the molecule is Cc1nn(-c2ccccc2)c(Cl)c1C(=O)NCC#Cc1ccccc1. The second-order valence-corrected chi connectivity index (χ2v) is 5.71. The molecule has 0 aliphatic heterocycles. The fraction of sp³-hybridized carbons (Fsp3) is 0.100. The minimum absolute atomic E-state index is 0.236. The minimum Gasteiger partial charge on any atom is -0.341 e. The first-order valence-electron chi connectivity index (χ1n) is 7.79. The molecule has 2 aromatic carbocycles. The summed E-state index contributed by atoms with van der Waals surface area (Å²) >= 11 is 6.37. The number of halogens is 1. The summed E-state index contributed by atoms with van der Waals surface area (Å²) in [7, 11) is 0. The molecule has 124 valence electrons. The molecule has 3 aromatic rings. The lowest BCUT2D eigenvalue weighted by molar-refractivity contribution is 0.0958. The van der Waals surface area contributed by atoms with Gasteiger partial charge in [0.1, 0.15) is 5.15 Å². The predicted molar refractivity (Wildman–Crippen MR) is 99.0 cm³/mol. The van der Waals surface area contributed by atoms with E-state index in [2.05, 4.69) is 22.3 Å². The zero-order valence-electron chi connectivity index (χ0n) is 13.7. The quantitative estimate of drug-likeness (QED) is 0.734. The van der Waals surface area contributed by atoms with Gasteiger partial charge in [0.2, 0.25) is 0 Å². The van der Waals surface area contributed by atoms with Crippen LogP contribution >= 0.6 is 11.6 Å². The summed E-state index contributed by atoms with van der Waals surface area (Å²) in [6, 6.07) is 19.1. The standard InChI is InChI=1S/C20H16ClN3O/c1-15-18(19(21)24(23-15)17-12-6-3-7-13-17)20(25)22-14-8-11-16-9-4-2-5-10-16/h2-7,9-10,12-13H,14H2,1H3,(H,22,25). The Balaban J connectivity index is 1.73. The first kappa shape index (κ1) is 16.8. The third-order valence-corrected chi connectivity index (χ3v) is 3.92. The van der Waals surface area contributed by atoms with Crippen LogP contribution in [-0.2, 0) is 0 Å². The molecule has 0 radical (unpaired) electrons. The first-order chi connectivity index (χ1) is 12.2. The maximum Gasteiger partial charge on any atom is 0.257 e. The van der Waals surface area contributed by atoms with Crippen molar-refractivity contribution in [1.29, 1.82) is 0 Å². The molecule has 0 saturated carbocycles. The number of hydrogen-bond acceptors (Lipinski definition) is 2. The Bertz CT molecular complexity index is 938. The second-order valence-electron chi connectivity index (χ2n) is 5.35. The maximum absolute atomic E-state index is 12.4. The zero-order chi connectivity index (χ0) is 17.6. The summed E-state index contributed by atoms with van der Waals surface area (Å²) in [5, 5.41) is 7.42. The predicted octanol–water partition coefficient (Wildman–Crippen LogP) is 3.62. The topological polar surface area (TPSA) is 46.9 Å². The van der Waals surface area contributed by atoms with Crippen LogP contribution in [0.5, 0.6) is 0 Å². The molecule has 0 spiro atoms. The van der Waals surface area contributed by atoms with Gasteiger partial charge in [0.05, 0.1) is 23.5 Å². The first-order valence-corrected chi connectivity index (χ1v) is 8.17. The number of carbonyl (C=O) groups excluding carboxylic acids is 1. The molecule has 1 aromatic heterocycles. The highest BCUT2D eigenvalue weighted by atomic mass is 35.5. The van der Waals surface area contributed by atoms with Crippen LogP contribution in [-0.4, -0.2) is 22.2 Å². The Labute approximate surface area is 151 Å². The third kappa shape index (κ3) is 3.90. The maximum atomic E-state index is 12.4. The molecule has 5 heteroatoms.